The van der Waals surface area contributed by atoms with Crippen LogP contribution in [0.25, 0.3) is 6.08 Å². The van der Waals surface area contributed by atoms with Crippen molar-refractivity contribution in [2.45, 2.75) is 0 Å². The molecule has 1 aliphatic heterocycles. The van der Waals surface area contributed by atoms with Gasteiger partial charge in [0.1, 0.15) is 5.70 Å². The maximum absolute atomic E-state index is 12.5. The number of thiocarbonyl (C=S) groups is 1. The van der Waals surface area contributed by atoms with Crippen molar-refractivity contribution in [2.24, 2.45) is 0 Å². The fourth-order valence-corrected chi connectivity index (χ4v) is 2.50. The van der Waals surface area contributed by atoms with Crippen molar-refractivity contribution < 1.29 is 4.79 Å². The monoisotopic (exact) mass is 314 g/mol. The van der Waals surface area contributed by atoms with Crippen molar-refractivity contribution in [2.75, 3.05) is 4.90 Å². The number of anilines is 1. The van der Waals surface area contributed by atoms with E-state index < -0.39 is 0 Å². The van der Waals surface area contributed by atoms with Crippen molar-refractivity contribution >= 4 is 46.6 Å². The van der Waals surface area contributed by atoms with E-state index in [1.165, 1.54) is 4.90 Å². The van der Waals surface area contributed by atoms with Crippen molar-refractivity contribution in [3.05, 3.63) is 70.9 Å². The molecule has 1 fully saturated rings. The Bertz CT molecular complexity index is 726. The minimum atomic E-state index is -0.175. The first-order valence-electron chi connectivity index (χ1n) is 6.33. The summed E-state index contributed by atoms with van der Waals surface area (Å²) in [5.74, 6) is -0.175. The summed E-state index contributed by atoms with van der Waals surface area (Å²) in [6.45, 7) is 0. The molecule has 2 aromatic rings. The molecule has 3 rings (SSSR count). The highest BCUT2D eigenvalue weighted by molar-refractivity contribution is 7.80. The second-order valence-electron chi connectivity index (χ2n) is 4.52. The number of carbonyl (C=O) groups is 1. The summed E-state index contributed by atoms with van der Waals surface area (Å²) in [6.07, 6.45) is 1.78. The van der Waals surface area contributed by atoms with Crippen molar-refractivity contribution in [3.63, 3.8) is 0 Å². The molecule has 0 bridgehead atoms. The van der Waals surface area contributed by atoms with Gasteiger partial charge in [0.25, 0.3) is 5.91 Å². The predicted octanol–water partition coefficient (Wildman–Crippen LogP) is 3.60. The average molecular weight is 315 g/mol. The van der Waals surface area contributed by atoms with E-state index in [2.05, 4.69) is 5.32 Å². The molecule has 104 valence electrons. The van der Waals surface area contributed by atoms with E-state index in [0.29, 0.717) is 21.5 Å². The number of nitrogens with one attached hydrogen (secondary N) is 1. The molecule has 0 saturated carbocycles. The van der Waals surface area contributed by atoms with Gasteiger partial charge in [-0.15, -0.1) is 0 Å². The van der Waals surface area contributed by atoms with Crippen LogP contribution in [-0.4, -0.2) is 11.0 Å². The number of halogens is 1. The highest BCUT2D eigenvalue weighted by Crippen LogP contribution is 2.24. The summed E-state index contributed by atoms with van der Waals surface area (Å²) in [7, 11) is 0. The molecule has 21 heavy (non-hydrogen) atoms. The lowest BCUT2D eigenvalue weighted by molar-refractivity contribution is -0.113. The maximum Gasteiger partial charge on any atom is 0.281 e. The zero-order valence-corrected chi connectivity index (χ0v) is 12.5. The molecule has 0 atom stereocenters. The molecular formula is C16H11ClN2OS. The summed E-state index contributed by atoms with van der Waals surface area (Å²) < 4.78 is 0. The first kappa shape index (κ1) is 13.8. The molecule has 0 spiro atoms. The normalized spacial score (nSPS) is 16.4. The van der Waals surface area contributed by atoms with Crippen LogP contribution in [0.1, 0.15) is 5.56 Å². The number of carbonyl (C=O) groups excluding carboxylic acids is 1. The molecule has 1 saturated heterocycles. The van der Waals surface area contributed by atoms with Crippen LogP contribution in [0.2, 0.25) is 5.02 Å². The maximum atomic E-state index is 12.5. The largest absolute Gasteiger partial charge is 0.327 e. The van der Waals surface area contributed by atoms with E-state index in [1.54, 1.807) is 30.3 Å². The van der Waals surface area contributed by atoms with Gasteiger partial charge in [-0.25, -0.2) is 0 Å². The number of hydrogen-bond donors (Lipinski definition) is 1. The minimum absolute atomic E-state index is 0.175. The van der Waals surface area contributed by atoms with Crippen LogP contribution in [0, 0.1) is 0 Å². The fraction of sp³-hybridized carbons (Fsp3) is 0. The molecule has 0 aromatic heterocycles. The second kappa shape index (κ2) is 5.68. The smallest absolute Gasteiger partial charge is 0.281 e. The highest BCUT2D eigenvalue weighted by Gasteiger charge is 2.31. The SMILES string of the molecule is O=C1/C(=C\c2ccccc2)NC(=S)N1c1ccc(Cl)cc1. The molecule has 1 aliphatic rings. The number of nitrogens with zero attached hydrogens (tertiary/aromatic N) is 1. The number of rotatable bonds is 2. The molecular weight excluding hydrogens is 304 g/mol. The van der Waals surface area contributed by atoms with E-state index in [4.69, 9.17) is 23.8 Å². The quantitative estimate of drug-likeness (QED) is 0.679. The van der Waals surface area contributed by atoms with Gasteiger partial charge < -0.3 is 5.32 Å². The van der Waals surface area contributed by atoms with Crippen LogP contribution in [0.5, 0.6) is 0 Å². The Labute approximate surface area is 132 Å². The summed E-state index contributed by atoms with van der Waals surface area (Å²) in [4.78, 5) is 13.9. The Balaban J connectivity index is 1.92. The lowest BCUT2D eigenvalue weighted by Crippen LogP contribution is -2.30. The minimum Gasteiger partial charge on any atom is -0.327 e. The van der Waals surface area contributed by atoms with Gasteiger partial charge >= 0.3 is 0 Å². The molecule has 5 heteroatoms. The van der Waals surface area contributed by atoms with E-state index in [9.17, 15) is 4.79 Å². The van der Waals surface area contributed by atoms with Gasteiger partial charge in [0, 0.05) is 5.02 Å². The third-order valence-electron chi connectivity index (χ3n) is 3.07. The van der Waals surface area contributed by atoms with Gasteiger partial charge in [0.15, 0.2) is 5.11 Å². The molecule has 2 aromatic carbocycles. The van der Waals surface area contributed by atoms with Gasteiger partial charge in [-0.3, -0.25) is 9.69 Å². The fourth-order valence-electron chi connectivity index (χ4n) is 2.08. The number of benzene rings is 2. The lowest BCUT2D eigenvalue weighted by atomic mass is 10.2. The van der Waals surface area contributed by atoms with Gasteiger partial charge in [0.05, 0.1) is 5.69 Å². The summed E-state index contributed by atoms with van der Waals surface area (Å²) in [5.41, 5.74) is 2.09. The topological polar surface area (TPSA) is 32.3 Å². The van der Waals surface area contributed by atoms with Crippen LogP contribution in [-0.2, 0) is 4.79 Å². The van der Waals surface area contributed by atoms with Crippen LogP contribution >= 0.6 is 23.8 Å². The lowest BCUT2D eigenvalue weighted by Gasteiger charge is -2.13. The summed E-state index contributed by atoms with van der Waals surface area (Å²) in [5, 5.41) is 3.93. The van der Waals surface area contributed by atoms with Crippen LogP contribution in [0.15, 0.2) is 60.3 Å². The van der Waals surface area contributed by atoms with Crippen LogP contribution in [0.3, 0.4) is 0 Å². The molecule has 1 N–H and O–H groups in total. The predicted molar refractivity (Wildman–Crippen MR) is 89.1 cm³/mol. The third-order valence-corrected chi connectivity index (χ3v) is 3.61. The molecule has 1 heterocycles. The average Bonchev–Trinajstić information content (AvgIpc) is 2.76. The van der Waals surface area contributed by atoms with Crippen LogP contribution < -0.4 is 10.2 Å². The Kier molecular flexibility index (Phi) is 3.73. The van der Waals surface area contributed by atoms with Crippen molar-refractivity contribution in [3.8, 4) is 0 Å². The molecule has 0 radical (unpaired) electrons. The van der Waals surface area contributed by atoms with E-state index >= 15 is 0 Å². The Morgan fingerprint density at radius 3 is 2.38 bits per heavy atom. The summed E-state index contributed by atoms with van der Waals surface area (Å²) in [6, 6.07) is 16.6. The van der Waals surface area contributed by atoms with Gasteiger partial charge in [0.2, 0.25) is 0 Å². The third kappa shape index (κ3) is 2.82. The van der Waals surface area contributed by atoms with Crippen molar-refractivity contribution in [1.82, 2.24) is 5.32 Å². The summed E-state index contributed by atoms with van der Waals surface area (Å²) >= 11 is 11.1. The first-order chi connectivity index (χ1) is 10.1. The standard InChI is InChI=1S/C16H11ClN2OS/c17-12-6-8-13(9-7-12)19-15(20)14(18-16(19)21)10-11-4-2-1-3-5-11/h1-10H,(H,18,21)/b14-10+. The van der Waals surface area contributed by atoms with Gasteiger partial charge in [-0.1, -0.05) is 41.9 Å². The Morgan fingerprint density at radius 2 is 1.71 bits per heavy atom. The second-order valence-corrected chi connectivity index (χ2v) is 5.34. The van der Waals surface area contributed by atoms with Crippen LogP contribution in [0.4, 0.5) is 5.69 Å². The molecule has 3 nitrogen and oxygen atoms in total. The molecule has 0 aliphatic carbocycles. The number of amides is 1. The van der Waals surface area contributed by atoms with E-state index in [-0.39, 0.29) is 5.91 Å². The first-order valence-corrected chi connectivity index (χ1v) is 7.11. The molecule has 1 amide bonds. The highest BCUT2D eigenvalue weighted by atomic mass is 35.5. The zero-order chi connectivity index (χ0) is 14.8. The zero-order valence-electron chi connectivity index (χ0n) is 10.9. The Hall–Kier alpha value is -2.17. The van der Waals surface area contributed by atoms with Crippen molar-refractivity contribution in [1.29, 1.82) is 0 Å². The Morgan fingerprint density at radius 1 is 1.05 bits per heavy atom. The number of hydrogen-bond acceptors (Lipinski definition) is 2. The van der Waals surface area contributed by atoms with Gasteiger partial charge in [-0.2, -0.15) is 0 Å². The van der Waals surface area contributed by atoms with Gasteiger partial charge in [-0.05, 0) is 48.1 Å². The van der Waals surface area contributed by atoms with E-state index in [1.807, 2.05) is 30.3 Å². The molecule has 0 unspecified atom stereocenters. The van der Waals surface area contributed by atoms with E-state index in [0.717, 1.165) is 5.56 Å².